The molecular weight excluding hydrogens is 362 g/mol. The number of sulfonamides is 1. The zero-order chi connectivity index (χ0) is 17.0. The first-order valence-electron chi connectivity index (χ1n) is 8.65. The Morgan fingerprint density at radius 2 is 1.84 bits per heavy atom. The summed E-state index contributed by atoms with van der Waals surface area (Å²) < 4.78 is 26.6. The first kappa shape index (κ1) is 20.2. The molecule has 0 spiro atoms. The van der Waals surface area contributed by atoms with E-state index in [0.29, 0.717) is 18.5 Å². The minimum absolute atomic E-state index is 0. The fraction of sp³-hybridized carbons (Fsp3) is 0.588. The summed E-state index contributed by atoms with van der Waals surface area (Å²) in [5.41, 5.74) is 0. The lowest BCUT2D eigenvalue weighted by molar-refractivity contribution is -0.122. The Balaban J connectivity index is 0.00000225. The van der Waals surface area contributed by atoms with Gasteiger partial charge in [-0.15, -0.1) is 12.4 Å². The van der Waals surface area contributed by atoms with Gasteiger partial charge in [-0.1, -0.05) is 31.0 Å². The van der Waals surface area contributed by atoms with Crippen molar-refractivity contribution >= 4 is 28.3 Å². The van der Waals surface area contributed by atoms with E-state index in [1.807, 2.05) is 0 Å². The first-order valence-corrected chi connectivity index (χ1v) is 10.1. The summed E-state index contributed by atoms with van der Waals surface area (Å²) in [4.78, 5) is 12.5. The van der Waals surface area contributed by atoms with Gasteiger partial charge >= 0.3 is 0 Å². The van der Waals surface area contributed by atoms with Crippen LogP contribution in [0.3, 0.4) is 0 Å². The molecule has 6 nitrogen and oxygen atoms in total. The molecule has 3 N–H and O–H groups in total. The number of hydrogen-bond acceptors (Lipinski definition) is 4. The summed E-state index contributed by atoms with van der Waals surface area (Å²) in [6.45, 7) is 0.473. The molecule has 3 atom stereocenters. The maximum atomic E-state index is 12.2. The van der Waals surface area contributed by atoms with Crippen molar-refractivity contribution in [1.29, 1.82) is 0 Å². The maximum Gasteiger partial charge on any atom is 0.240 e. The van der Waals surface area contributed by atoms with Crippen LogP contribution in [0.1, 0.15) is 32.1 Å². The van der Waals surface area contributed by atoms with Gasteiger partial charge in [0, 0.05) is 19.1 Å². The number of fused-ring (bicyclic) bond motifs is 1. The number of hydrogen-bond donors (Lipinski definition) is 3. The van der Waals surface area contributed by atoms with E-state index >= 15 is 0 Å². The van der Waals surface area contributed by atoms with Crippen molar-refractivity contribution < 1.29 is 13.2 Å². The van der Waals surface area contributed by atoms with Crippen molar-refractivity contribution in [2.24, 2.45) is 5.92 Å². The number of rotatable bonds is 6. The summed E-state index contributed by atoms with van der Waals surface area (Å²) in [6, 6.07) is 8.57. The van der Waals surface area contributed by atoms with Gasteiger partial charge in [-0.3, -0.25) is 4.79 Å². The van der Waals surface area contributed by atoms with Crippen LogP contribution in [0.4, 0.5) is 0 Å². The van der Waals surface area contributed by atoms with E-state index in [1.165, 1.54) is 19.3 Å². The second kappa shape index (κ2) is 8.98. The Hall–Kier alpha value is -1.15. The number of nitrogens with one attached hydrogen (secondary N) is 3. The van der Waals surface area contributed by atoms with Gasteiger partial charge in [-0.2, -0.15) is 0 Å². The molecular formula is C17H26ClN3O3S. The highest BCUT2D eigenvalue weighted by atomic mass is 35.5. The summed E-state index contributed by atoms with van der Waals surface area (Å²) in [5.74, 6) is 0.592. The van der Waals surface area contributed by atoms with Crippen molar-refractivity contribution in [3.63, 3.8) is 0 Å². The summed E-state index contributed by atoms with van der Waals surface area (Å²) in [7, 11) is -3.51. The smallest absolute Gasteiger partial charge is 0.240 e. The van der Waals surface area contributed by atoms with Crippen molar-refractivity contribution in [3.05, 3.63) is 30.3 Å². The molecule has 1 saturated carbocycles. The van der Waals surface area contributed by atoms with Crippen molar-refractivity contribution in [3.8, 4) is 0 Å². The fourth-order valence-corrected chi connectivity index (χ4v) is 4.75. The minimum atomic E-state index is -3.51. The van der Waals surface area contributed by atoms with Crippen LogP contribution in [0, 0.1) is 5.92 Å². The number of carbonyl (C=O) groups excluding carboxylic acids is 1. The van der Waals surface area contributed by atoms with Crippen LogP contribution >= 0.6 is 12.4 Å². The van der Waals surface area contributed by atoms with Gasteiger partial charge in [0.2, 0.25) is 15.9 Å². The van der Waals surface area contributed by atoms with Gasteiger partial charge in [-0.25, -0.2) is 13.1 Å². The predicted molar refractivity (Wildman–Crippen MR) is 99.2 cm³/mol. The number of benzene rings is 1. The summed E-state index contributed by atoms with van der Waals surface area (Å²) in [6.07, 6.45) is 5.76. The highest BCUT2D eigenvalue weighted by Crippen LogP contribution is 2.33. The molecule has 2 aliphatic rings. The minimum Gasteiger partial charge on any atom is -0.353 e. The lowest BCUT2D eigenvalue weighted by Gasteiger charge is -2.24. The molecule has 3 unspecified atom stereocenters. The number of halogens is 1. The molecule has 140 valence electrons. The highest BCUT2D eigenvalue weighted by molar-refractivity contribution is 7.89. The third kappa shape index (κ3) is 5.17. The third-order valence-corrected chi connectivity index (χ3v) is 6.43. The van der Waals surface area contributed by atoms with E-state index in [1.54, 1.807) is 30.3 Å². The monoisotopic (exact) mass is 387 g/mol. The van der Waals surface area contributed by atoms with E-state index in [-0.39, 0.29) is 35.8 Å². The molecule has 1 saturated heterocycles. The Morgan fingerprint density at radius 1 is 1.12 bits per heavy atom. The van der Waals surface area contributed by atoms with Crippen LogP contribution in [0.2, 0.25) is 0 Å². The molecule has 0 radical (unpaired) electrons. The zero-order valence-corrected chi connectivity index (χ0v) is 15.7. The zero-order valence-electron chi connectivity index (χ0n) is 14.1. The molecule has 1 aliphatic heterocycles. The summed E-state index contributed by atoms with van der Waals surface area (Å²) in [5, 5.41) is 6.25. The average molecular weight is 388 g/mol. The van der Waals surface area contributed by atoms with Crippen LogP contribution in [0.25, 0.3) is 0 Å². The van der Waals surface area contributed by atoms with E-state index in [0.717, 1.165) is 12.8 Å². The second-order valence-electron chi connectivity index (χ2n) is 6.61. The Bertz CT molecular complexity index is 655. The van der Waals surface area contributed by atoms with E-state index < -0.39 is 10.0 Å². The fourth-order valence-electron chi connectivity index (χ4n) is 3.70. The Kier molecular flexibility index (Phi) is 7.25. The molecule has 1 aromatic rings. The molecule has 1 aromatic carbocycles. The normalized spacial score (nSPS) is 25.7. The topological polar surface area (TPSA) is 87.3 Å². The number of amides is 1. The molecule has 2 fully saturated rings. The van der Waals surface area contributed by atoms with E-state index in [2.05, 4.69) is 15.4 Å². The van der Waals surface area contributed by atoms with Crippen LogP contribution in [-0.4, -0.2) is 39.5 Å². The van der Waals surface area contributed by atoms with Crippen molar-refractivity contribution in [1.82, 2.24) is 15.4 Å². The van der Waals surface area contributed by atoms with E-state index in [4.69, 9.17) is 0 Å². The van der Waals surface area contributed by atoms with Crippen molar-refractivity contribution in [2.75, 3.05) is 13.1 Å². The van der Waals surface area contributed by atoms with Crippen LogP contribution in [0.5, 0.6) is 0 Å². The molecule has 1 amide bonds. The Labute approximate surface area is 155 Å². The lowest BCUT2D eigenvalue weighted by Crippen LogP contribution is -2.45. The molecule has 0 bridgehead atoms. The first-order chi connectivity index (χ1) is 11.6. The maximum absolute atomic E-state index is 12.2. The highest BCUT2D eigenvalue weighted by Gasteiger charge is 2.37. The molecule has 3 rings (SSSR count). The van der Waals surface area contributed by atoms with Gasteiger partial charge < -0.3 is 10.6 Å². The van der Waals surface area contributed by atoms with Gasteiger partial charge in [0.25, 0.3) is 0 Å². The predicted octanol–water partition coefficient (Wildman–Crippen LogP) is 1.42. The van der Waals surface area contributed by atoms with Gasteiger partial charge in [0.1, 0.15) is 0 Å². The van der Waals surface area contributed by atoms with Gasteiger partial charge in [-0.05, 0) is 37.3 Å². The SMILES string of the molecule is Cl.O=C(NCCNS(=O)(=O)c1ccccc1)C1CC2CCCCC2N1. The molecule has 1 aliphatic carbocycles. The molecule has 1 heterocycles. The second-order valence-corrected chi connectivity index (χ2v) is 8.37. The van der Waals surface area contributed by atoms with Crippen LogP contribution in [-0.2, 0) is 14.8 Å². The third-order valence-electron chi connectivity index (χ3n) is 4.95. The quantitative estimate of drug-likeness (QED) is 0.644. The standard InChI is InChI=1S/C17H25N3O3S.ClH/c21-17(16-12-13-6-4-5-9-15(13)20-16)18-10-11-19-24(22,23)14-7-2-1-3-8-14;/h1-3,7-8,13,15-16,19-20H,4-6,9-12H2,(H,18,21);1H. The lowest BCUT2D eigenvalue weighted by atomic mass is 9.85. The van der Waals surface area contributed by atoms with E-state index in [9.17, 15) is 13.2 Å². The average Bonchev–Trinajstić information content (AvgIpc) is 3.03. The Morgan fingerprint density at radius 3 is 2.56 bits per heavy atom. The van der Waals surface area contributed by atoms with Crippen LogP contribution < -0.4 is 15.4 Å². The van der Waals surface area contributed by atoms with Crippen LogP contribution in [0.15, 0.2) is 35.2 Å². The van der Waals surface area contributed by atoms with Crippen molar-refractivity contribution in [2.45, 2.75) is 49.1 Å². The number of carbonyl (C=O) groups is 1. The molecule has 0 aromatic heterocycles. The van der Waals surface area contributed by atoms with Gasteiger partial charge in [0.05, 0.1) is 10.9 Å². The molecule has 8 heteroatoms. The summed E-state index contributed by atoms with van der Waals surface area (Å²) >= 11 is 0. The molecule has 25 heavy (non-hydrogen) atoms. The van der Waals surface area contributed by atoms with Gasteiger partial charge in [0.15, 0.2) is 0 Å². The largest absolute Gasteiger partial charge is 0.353 e.